The lowest BCUT2D eigenvalue weighted by atomic mass is 10.3. The molecule has 2 nitrogen and oxygen atoms in total. The summed E-state index contributed by atoms with van der Waals surface area (Å²) in [5.74, 6) is 0. The van der Waals surface area contributed by atoms with Crippen LogP contribution in [-0.2, 0) is 0 Å². The second-order valence-electron chi connectivity index (χ2n) is 1.94. The molecular formula is C5H10N2. The van der Waals surface area contributed by atoms with E-state index in [2.05, 4.69) is 12.0 Å². The zero-order valence-corrected chi connectivity index (χ0v) is 4.57. The molecule has 0 bridgehead atoms. The molecule has 0 aromatic heterocycles. The molecule has 0 saturated carbocycles. The van der Waals surface area contributed by atoms with Gasteiger partial charge in [-0.15, -0.1) is 0 Å². The van der Waals surface area contributed by atoms with Gasteiger partial charge in [0.1, 0.15) is 0 Å². The molecular weight excluding hydrogens is 88.1 g/mol. The van der Waals surface area contributed by atoms with E-state index in [1.807, 2.05) is 12.1 Å². The molecule has 0 aromatic rings. The number of nitrogens with one attached hydrogen (secondary N) is 1. The summed E-state index contributed by atoms with van der Waals surface area (Å²) in [6.07, 6.45) is 0. The Bertz CT molecular complexity index is 88.1. The molecule has 1 heterocycles. The predicted molar refractivity (Wildman–Crippen MR) is 29.8 cm³/mol. The third-order valence-electron chi connectivity index (χ3n) is 1.06. The second-order valence-corrected chi connectivity index (χ2v) is 1.94. The summed E-state index contributed by atoms with van der Waals surface area (Å²) in [5, 5.41) is 2.03. The molecule has 0 aliphatic carbocycles. The van der Waals surface area contributed by atoms with E-state index in [-0.39, 0.29) is 0 Å². The Kier molecular flexibility index (Phi) is 1.13. The molecule has 0 radical (unpaired) electrons. The van der Waals surface area contributed by atoms with E-state index in [4.69, 9.17) is 0 Å². The van der Waals surface area contributed by atoms with Crippen molar-refractivity contribution in [3.05, 3.63) is 12.2 Å². The van der Waals surface area contributed by atoms with Crippen molar-refractivity contribution in [3.63, 3.8) is 0 Å². The first-order valence-corrected chi connectivity index (χ1v) is 2.40. The van der Waals surface area contributed by atoms with Gasteiger partial charge in [0.15, 0.2) is 0 Å². The van der Waals surface area contributed by atoms with Crippen molar-refractivity contribution in [2.45, 2.75) is 0 Å². The van der Waals surface area contributed by atoms with Gasteiger partial charge in [0.05, 0.1) is 0 Å². The summed E-state index contributed by atoms with van der Waals surface area (Å²) in [5.41, 5.74) is 4.37. The number of hydrogen-bond acceptors (Lipinski definition) is 2. The number of likely N-dealkylation sites (N-methyl/N-ethyl adjacent to an activating group) is 1. The van der Waals surface area contributed by atoms with Crippen molar-refractivity contribution < 1.29 is 0 Å². The molecule has 2 heteroatoms. The van der Waals surface area contributed by atoms with E-state index in [9.17, 15) is 0 Å². The first kappa shape index (κ1) is 4.81. The van der Waals surface area contributed by atoms with Crippen LogP contribution < -0.4 is 5.43 Å². The quantitative estimate of drug-likeness (QED) is 0.429. The minimum Gasteiger partial charge on any atom is -0.251 e. The highest BCUT2D eigenvalue weighted by molar-refractivity contribution is 5.02. The number of hydrogen-bond donors (Lipinski definition) is 1. The Hall–Kier alpha value is -0.340. The maximum absolute atomic E-state index is 3.80. The molecule has 0 unspecified atom stereocenters. The zero-order valence-electron chi connectivity index (χ0n) is 4.57. The molecule has 0 atom stereocenters. The maximum atomic E-state index is 3.80. The lowest BCUT2D eigenvalue weighted by Crippen LogP contribution is -2.25. The third kappa shape index (κ3) is 1.01. The smallest absolute Gasteiger partial charge is 0.0348 e. The average Bonchev–Trinajstić information content (AvgIpc) is 1.87. The SMILES string of the molecule is C=C1CNN(C)C1. The number of rotatable bonds is 0. The Morgan fingerprint density at radius 1 is 1.86 bits per heavy atom. The van der Waals surface area contributed by atoms with Crippen molar-refractivity contribution in [1.82, 2.24) is 10.4 Å². The fraction of sp³-hybridized carbons (Fsp3) is 0.600. The van der Waals surface area contributed by atoms with Gasteiger partial charge in [0, 0.05) is 20.1 Å². The van der Waals surface area contributed by atoms with E-state index in [1.165, 1.54) is 5.57 Å². The van der Waals surface area contributed by atoms with Gasteiger partial charge in [-0.25, -0.2) is 5.01 Å². The Morgan fingerprint density at radius 3 is 2.71 bits per heavy atom. The van der Waals surface area contributed by atoms with E-state index >= 15 is 0 Å². The largest absolute Gasteiger partial charge is 0.251 e. The molecule has 1 aliphatic heterocycles. The van der Waals surface area contributed by atoms with Gasteiger partial charge in [0.2, 0.25) is 0 Å². The summed E-state index contributed by atoms with van der Waals surface area (Å²) >= 11 is 0. The van der Waals surface area contributed by atoms with E-state index in [0.29, 0.717) is 0 Å². The van der Waals surface area contributed by atoms with Crippen molar-refractivity contribution in [3.8, 4) is 0 Å². The van der Waals surface area contributed by atoms with Crippen LogP contribution in [0.15, 0.2) is 12.2 Å². The molecule has 7 heavy (non-hydrogen) atoms. The summed E-state index contributed by atoms with van der Waals surface area (Å²) in [4.78, 5) is 0. The van der Waals surface area contributed by atoms with Crippen molar-refractivity contribution >= 4 is 0 Å². The average molecular weight is 98.1 g/mol. The first-order valence-electron chi connectivity index (χ1n) is 2.40. The molecule has 1 N–H and O–H groups in total. The summed E-state index contributed by atoms with van der Waals surface area (Å²) in [6, 6.07) is 0. The maximum Gasteiger partial charge on any atom is 0.0348 e. The Morgan fingerprint density at radius 2 is 2.57 bits per heavy atom. The Labute approximate surface area is 43.8 Å². The van der Waals surface area contributed by atoms with E-state index < -0.39 is 0 Å². The monoisotopic (exact) mass is 98.1 g/mol. The summed E-state index contributed by atoms with van der Waals surface area (Å²) in [6.45, 7) is 5.76. The van der Waals surface area contributed by atoms with Gasteiger partial charge >= 0.3 is 0 Å². The van der Waals surface area contributed by atoms with Crippen LogP contribution in [-0.4, -0.2) is 25.1 Å². The van der Waals surface area contributed by atoms with Crippen LogP contribution in [0, 0.1) is 0 Å². The van der Waals surface area contributed by atoms with Gasteiger partial charge in [-0.2, -0.15) is 0 Å². The van der Waals surface area contributed by atoms with E-state index in [0.717, 1.165) is 13.1 Å². The number of hydrazine groups is 1. The summed E-state index contributed by atoms with van der Waals surface area (Å²) in [7, 11) is 2.01. The van der Waals surface area contributed by atoms with Crippen LogP contribution in [0.1, 0.15) is 0 Å². The molecule has 0 amide bonds. The minimum absolute atomic E-state index is 0.955. The summed E-state index contributed by atoms with van der Waals surface area (Å²) < 4.78 is 0. The van der Waals surface area contributed by atoms with Crippen LogP contribution in [0.5, 0.6) is 0 Å². The molecule has 1 aliphatic rings. The van der Waals surface area contributed by atoms with Crippen LogP contribution in [0.2, 0.25) is 0 Å². The lowest BCUT2D eigenvalue weighted by Gasteiger charge is -2.02. The van der Waals surface area contributed by atoms with E-state index in [1.54, 1.807) is 0 Å². The van der Waals surface area contributed by atoms with Gasteiger partial charge in [-0.1, -0.05) is 6.58 Å². The molecule has 1 fully saturated rings. The minimum atomic E-state index is 0.955. The van der Waals surface area contributed by atoms with Crippen molar-refractivity contribution in [2.24, 2.45) is 0 Å². The highest BCUT2D eigenvalue weighted by Gasteiger charge is 2.06. The molecule has 0 aromatic carbocycles. The number of nitrogens with zero attached hydrogens (tertiary/aromatic N) is 1. The van der Waals surface area contributed by atoms with Crippen molar-refractivity contribution in [2.75, 3.05) is 20.1 Å². The fourth-order valence-electron chi connectivity index (χ4n) is 0.694. The second kappa shape index (κ2) is 1.64. The predicted octanol–water partition coefficient (Wildman–Crippen LogP) is -0.00740. The first-order chi connectivity index (χ1) is 3.29. The van der Waals surface area contributed by atoms with Crippen LogP contribution in [0.4, 0.5) is 0 Å². The lowest BCUT2D eigenvalue weighted by molar-refractivity contribution is 0.319. The standard InChI is InChI=1S/C5H10N2/c1-5-3-6-7(2)4-5/h6H,1,3-4H2,2H3. The zero-order chi connectivity index (χ0) is 5.28. The topological polar surface area (TPSA) is 15.3 Å². The van der Waals surface area contributed by atoms with Crippen LogP contribution in [0.3, 0.4) is 0 Å². The van der Waals surface area contributed by atoms with Crippen LogP contribution >= 0.6 is 0 Å². The molecule has 40 valence electrons. The van der Waals surface area contributed by atoms with Gasteiger partial charge < -0.3 is 0 Å². The highest BCUT2D eigenvalue weighted by atomic mass is 15.5. The van der Waals surface area contributed by atoms with Crippen molar-refractivity contribution in [1.29, 1.82) is 0 Å². The van der Waals surface area contributed by atoms with Gasteiger partial charge in [-0.3, -0.25) is 5.43 Å². The fourth-order valence-corrected chi connectivity index (χ4v) is 0.694. The molecule has 1 saturated heterocycles. The molecule has 0 spiro atoms. The molecule has 1 rings (SSSR count). The van der Waals surface area contributed by atoms with Crippen LogP contribution in [0.25, 0.3) is 0 Å². The Balaban J connectivity index is 2.40. The van der Waals surface area contributed by atoms with Gasteiger partial charge in [0.25, 0.3) is 0 Å². The van der Waals surface area contributed by atoms with Gasteiger partial charge in [-0.05, 0) is 5.57 Å². The third-order valence-corrected chi connectivity index (χ3v) is 1.06. The normalized spacial score (nSPS) is 23.9. The highest BCUT2D eigenvalue weighted by Crippen LogP contribution is 1.96.